The Labute approximate surface area is 86.5 Å². The largest absolute Gasteiger partial charge is 0.421 e. The summed E-state index contributed by atoms with van der Waals surface area (Å²) in [4.78, 5) is 5.63. The first-order valence-corrected chi connectivity index (χ1v) is 5.19. The van der Waals surface area contributed by atoms with Crippen LogP contribution in [0.1, 0.15) is 25.7 Å². The van der Waals surface area contributed by atoms with Gasteiger partial charge < -0.3 is 4.90 Å². The predicted octanol–water partition coefficient (Wildman–Crippen LogP) is 2.72. The lowest BCUT2D eigenvalue weighted by Gasteiger charge is -2.33. The average Bonchev–Trinajstić information content (AvgIpc) is 2.16. The smallest absolute Gasteiger partial charge is 0.332 e. The van der Waals surface area contributed by atoms with Gasteiger partial charge in [0.2, 0.25) is 0 Å². The highest BCUT2D eigenvalue weighted by Crippen LogP contribution is 2.34. The van der Waals surface area contributed by atoms with Crippen LogP contribution in [-0.4, -0.2) is 30.0 Å². The molecule has 0 aromatic heterocycles. The van der Waals surface area contributed by atoms with E-state index in [9.17, 15) is 13.2 Å². The topological polar surface area (TPSA) is 15.6 Å². The zero-order valence-electron chi connectivity index (χ0n) is 8.35. The summed E-state index contributed by atoms with van der Waals surface area (Å²) in [5.41, 5.74) is -0.565. The molecule has 2 aliphatic rings. The van der Waals surface area contributed by atoms with Crippen LogP contribution in [0.5, 0.6) is 0 Å². The lowest BCUT2D eigenvalue weighted by Crippen LogP contribution is -2.43. The molecule has 0 bridgehead atoms. The van der Waals surface area contributed by atoms with Gasteiger partial charge in [0.1, 0.15) is 11.4 Å². The standard InChI is InChI=1S/C10H13F3N2/c11-10(12,13)8-7-15-6-4-2-1-3-5-14-9(8)15/h7H,1-6H2. The Morgan fingerprint density at radius 1 is 1.13 bits per heavy atom. The molecule has 2 nitrogen and oxygen atoms in total. The highest BCUT2D eigenvalue weighted by atomic mass is 19.4. The van der Waals surface area contributed by atoms with Gasteiger partial charge in [-0.2, -0.15) is 13.2 Å². The van der Waals surface area contributed by atoms with Gasteiger partial charge in [-0.1, -0.05) is 12.8 Å². The van der Waals surface area contributed by atoms with Gasteiger partial charge in [0.05, 0.1) is 0 Å². The fraction of sp³-hybridized carbons (Fsp3) is 0.700. The maximum atomic E-state index is 12.4. The molecular formula is C10H13F3N2. The maximum absolute atomic E-state index is 12.4. The first-order valence-electron chi connectivity index (χ1n) is 5.19. The molecule has 0 amide bonds. The van der Waals surface area contributed by atoms with Crippen LogP contribution in [0.15, 0.2) is 16.8 Å². The normalized spacial score (nSPS) is 22.7. The first-order chi connectivity index (χ1) is 7.09. The van der Waals surface area contributed by atoms with Gasteiger partial charge in [-0.15, -0.1) is 0 Å². The molecule has 5 heteroatoms. The fourth-order valence-corrected chi connectivity index (χ4v) is 1.84. The van der Waals surface area contributed by atoms with Crippen molar-refractivity contribution < 1.29 is 13.2 Å². The molecular weight excluding hydrogens is 205 g/mol. The number of fused-ring (bicyclic) bond motifs is 1. The van der Waals surface area contributed by atoms with Crippen molar-refractivity contribution in [3.05, 3.63) is 11.8 Å². The number of amidine groups is 1. The molecule has 0 fully saturated rings. The number of hydrogen-bond acceptors (Lipinski definition) is 2. The van der Waals surface area contributed by atoms with Crippen molar-refractivity contribution in [1.29, 1.82) is 0 Å². The minimum atomic E-state index is -4.25. The second-order valence-corrected chi connectivity index (χ2v) is 3.85. The summed E-state index contributed by atoms with van der Waals surface area (Å²) in [7, 11) is 0. The van der Waals surface area contributed by atoms with Gasteiger partial charge >= 0.3 is 6.18 Å². The van der Waals surface area contributed by atoms with Crippen molar-refractivity contribution in [2.24, 2.45) is 4.99 Å². The van der Waals surface area contributed by atoms with Gasteiger partial charge in [-0.05, 0) is 12.8 Å². The molecule has 0 saturated heterocycles. The monoisotopic (exact) mass is 218 g/mol. The SMILES string of the molecule is FC(F)(F)C1=CN2CCCCCCN=C12. The number of halogens is 3. The summed E-state index contributed by atoms with van der Waals surface area (Å²) < 4.78 is 37.3. The van der Waals surface area contributed by atoms with Crippen LogP contribution >= 0.6 is 0 Å². The summed E-state index contributed by atoms with van der Waals surface area (Å²) in [5, 5.41) is 0. The van der Waals surface area contributed by atoms with E-state index in [1.54, 1.807) is 4.90 Å². The molecule has 84 valence electrons. The molecule has 2 heterocycles. The van der Waals surface area contributed by atoms with Crippen LogP contribution in [0.25, 0.3) is 0 Å². The van der Waals surface area contributed by atoms with Gasteiger partial charge in [-0.3, -0.25) is 4.99 Å². The number of hydrogen-bond donors (Lipinski definition) is 0. The zero-order chi connectivity index (χ0) is 10.9. The molecule has 0 unspecified atom stereocenters. The Bertz CT molecular complexity index is 304. The van der Waals surface area contributed by atoms with Crippen molar-refractivity contribution in [3.63, 3.8) is 0 Å². The van der Waals surface area contributed by atoms with Crippen LogP contribution in [0.2, 0.25) is 0 Å². The van der Waals surface area contributed by atoms with E-state index in [1.165, 1.54) is 6.20 Å². The Hall–Kier alpha value is -1.00. The Morgan fingerprint density at radius 3 is 2.60 bits per heavy atom. The zero-order valence-corrected chi connectivity index (χ0v) is 8.35. The van der Waals surface area contributed by atoms with E-state index in [1.807, 2.05) is 0 Å². The van der Waals surface area contributed by atoms with Gasteiger partial charge in [0.25, 0.3) is 0 Å². The predicted molar refractivity (Wildman–Crippen MR) is 51.6 cm³/mol. The molecule has 15 heavy (non-hydrogen) atoms. The molecule has 0 N–H and O–H groups in total. The quantitative estimate of drug-likeness (QED) is 0.610. The molecule has 0 saturated carbocycles. The molecule has 2 aliphatic heterocycles. The minimum absolute atomic E-state index is 0.143. The van der Waals surface area contributed by atoms with E-state index in [4.69, 9.17) is 0 Å². The molecule has 0 atom stereocenters. The van der Waals surface area contributed by atoms with E-state index >= 15 is 0 Å². The van der Waals surface area contributed by atoms with Gasteiger partial charge in [0, 0.05) is 19.3 Å². The Kier molecular flexibility index (Phi) is 2.71. The Balaban J connectivity index is 2.14. The van der Waals surface area contributed by atoms with Crippen molar-refractivity contribution in [2.75, 3.05) is 13.1 Å². The van der Waals surface area contributed by atoms with Crippen LogP contribution in [0.4, 0.5) is 13.2 Å². The Morgan fingerprint density at radius 2 is 1.87 bits per heavy atom. The van der Waals surface area contributed by atoms with E-state index < -0.39 is 11.7 Å². The average molecular weight is 218 g/mol. The maximum Gasteiger partial charge on any atom is 0.421 e. The highest BCUT2D eigenvalue weighted by molar-refractivity contribution is 6.05. The van der Waals surface area contributed by atoms with E-state index in [0.717, 1.165) is 25.7 Å². The fourth-order valence-electron chi connectivity index (χ4n) is 1.84. The molecule has 2 rings (SSSR count). The lowest BCUT2D eigenvalue weighted by molar-refractivity contribution is -0.0900. The summed E-state index contributed by atoms with van der Waals surface area (Å²) in [6.07, 6.45) is 0.900. The van der Waals surface area contributed by atoms with Gasteiger partial charge in [0.15, 0.2) is 0 Å². The van der Waals surface area contributed by atoms with Crippen LogP contribution < -0.4 is 0 Å². The number of rotatable bonds is 0. The van der Waals surface area contributed by atoms with Crippen molar-refractivity contribution in [3.8, 4) is 0 Å². The summed E-state index contributed by atoms with van der Waals surface area (Å²) in [5.74, 6) is 0.143. The third-order valence-corrected chi connectivity index (χ3v) is 2.67. The first kappa shape index (κ1) is 10.5. The molecule has 0 spiro atoms. The second-order valence-electron chi connectivity index (χ2n) is 3.85. The third-order valence-electron chi connectivity index (χ3n) is 2.67. The number of alkyl halides is 3. The van der Waals surface area contributed by atoms with E-state index in [0.29, 0.717) is 13.1 Å². The van der Waals surface area contributed by atoms with Crippen LogP contribution in [-0.2, 0) is 0 Å². The van der Waals surface area contributed by atoms with Crippen molar-refractivity contribution in [2.45, 2.75) is 31.9 Å². The lowest BCUT2D eigenvalue weighted by atomic mass is 10.1. The molecule has 0 radical (unpaired) electrons. The second kappa shape index (κ2) is 3.87. The molecule has 0 aromatic rings. The van der Waals surface area contributed by atoms with E-state index in [2.05, 4.69) is 4.99 Å². The minimum Gasteiger partial charge on any atom is -0.332 e. The van der Waals surface area contributed by atoms with Crippen LogP contribution in [0, 0.1) is 0 Å². The summed E-state index contributed by atoms with van der Waals surface area (Å²) in [6, 6.07) is 0. The molecule has 0 aliphatic carbocycles. The summed E-state index contributed by atoms with van der Waals surface area (Å²) >= 11 is 0. The highest BCUT2D eigenvalue weighted by Gasteiger charge is 2.44. The summed E-state index contributed by atoms with van der Waals surface area (Å²) in [6.45, 7) is 1.18. The number of aliphatic imine (C=N–C) groups is 1. The van der Waals surface area contributed by atoms with Crippen molar-refractivity contribution >= 4 is 5.84 Å². The third kappa shape index (κ3) is 2.16. The van der Waals surface area contributed by atoms with E-state index in [-0.39, 0.29) is 5.84 Å². The van der Waals surface area contributed by atoms with Crippen molar-refractivity contribution in [1.82, 2.24) is 4.90 Å². The van der Waals surface area contributed by atoms with Gasteiger partial charge in [-0.25, -0.2) is 0 Å². The molecule has 0 aromatic carbocycles. The number of nitrogens with zero attached hydrogens (tertiary/aromatic N) is 2. The van der Waals surface area contributed by atoms with Crippen LogP contribution in [0.3, 0.4) is 0 Å².